The summed E-state index contributed by atoms with van der Waals surface area (Å²) in [5.41, 5.74) is 1.76. The molecule has 7 nitrogen and oxygen atoms in total. The van der Waals surface area contributed by atoms with Crippen LogP contribution in [0.2, 0.25) is 0 Å². The average molecular weight is 361 g/mol. The minimum Gasteiger partial charge on any atom is -0.490 e. The van der Waals surface area contributed by atoms with Gasteiger partial charge in [0, 0.05) is 19.3 Å². The predicted octanol–water partition coefficient (Wildman–Crippen LogP) is 2.85. The Bertz CT molecular complexity index is 769. The van der Waals surface area contributed by atoms with Crippen molar-refractivity contribution in [1.82, 2.24) is 14.3 Å². The zero-order chi connectivity index (χ0) is 19.1. The van der Waals surface area contributed by atoms with Crippen molar-refractivity contribution in [2.45, 2.75) is 40.5 Å². The number of nitrogens with zero attached hydrogens (tertiary/aromatic N) is 3. The van der Waals surface area contributed by atoms with E-state index in [0.29, 0.717) is 49.1 Å². The molecule has 26 heavy (non-hydrogen) atoms. The number of aromatic nitrogens is 2. The maximum Gasteiger partial charge on any atom is 0.307 e. The van der Waals surface area contributed by atoms with Crippen molar-refractivity contribution in [3.8, 4) is 5.75 Å². The number of hydrogen-bond acceptors (Lipinski definition) is 5. The fourth-order valence-corrected chi connectivity index (χ4v) is 2.88. The number of carbonyl (C=O) groups is 2. The first-order valence-electron chi connectivity index (χ1n) is 9.08. The summed E-state index contributed by atoms with van der Waals surface area (Å²) < 4.78 is 12.3. The molecular formula is C19H27N3O4. The minimum absolute atomic E-state index is 0.144. The van der Waals surface area contributed by atoms with Gasteiger partial charge in [-0.15, -0.1) is 0 Å². The summed E-state index contributed by atoms with van der Waals surface area (Å²) in [5, 5.41) is 0. The van der Waals surface area contributed by atoms with E-state index in [1.165, 1.54) is 0 Å². The first-order valence-corrected chi connectivity index (χ1v) is 9.08. The molecule has 0 aliphatic carbocycles. The van der Waals surface area contributed by atoms with Crippen molar-refractivity contribution in [2.75, 3.05) is 26.3 Å². The predicted molar refractivity (Wildman–Crippen MR) is 98.5 cm³/mol. The molecule has 0 radical (unpaired) electrons. The molecule has 2 rings (SSSR count). The number of carbonyl (C=O) groups excluding carboxylic acids is 2. The second-order valence-electron chi connectivity index (χ2n) is 5.89. The second-order valence-corrected chi connectivity index (χ2v) is 5.89. The lowest BCUT2D eigenvalue weighted by atomic mass is 10.2. The number of esters is 1. The number of rotatable bonds is 9. The van der Waals surface area contributed by atoms with Gasteiger partial charge in [0.2, 0.25) is 0 Å². The molecule has 0 saturated heterocycles. The Morgan fingerprint density at radius 2 is 1.96 bits per heavy atom. The maximum absolute atomic E-state index is 13.1. The van der Waals surface area contributed by atoms with Crippen LogP contribution in [0.25, 0.3) is 5.65 Å². The van der Waals surface area contributed by atoms with E-state index < -0.39 is 0 Å². The van der Waals surface area contributed by atoms with E-state index in [2.05, 4.69) is 4.98 Å². The SMILES string of the molecule is CCCN(CCC(=O)OCC)C(=O)c1c(C)nc2c(OCC)cccn12. The van der Waals surface area contributed by atoms with Crippen LogP contribution in [0.15, 0.2) is 18.3 Å². The average Bonchev–Trinajstić information content (AvgIpc) is 2.95. The van der Waals surface area contributed by atoms with Crippen LogP contribution in [0.3, 0.4) is 0 Å². The molecule has 0 fully saturated rings. The highest BCUT2D eigenvalue weighted by molar-refractivity contribution is 5.95. The van der Waals surface area contributed by atoms with E-state index in [9.17, 15) is 9.59 Å². The van der Waals surface area contributed by atoms with Gasteiger partial charge in [0.05, 0.1) is 25.3 Å². The lowest BCUT2D eigenvalue weighted by Gasteiger charge is -2.22. The molecule has 142 valence electrons. The molecule has 0 unspecified atom stereocenters. The van der Waals surface area contributed by atoms with Gasteiger partial charge in [-0.25, -0.2) is 4.98 Å². The quantitative estimate of drug-likeness (QED) is 0.642. The molecule has 1 amide bonds. The Hall–Kier alpha value is -2.57. The largest absolute Gasteiger partial charge is 0.490 e. The van der Waals surface area contributed by atoms with Crippen LogP contribution in [0.5, 0.6) is 5.75 Å². The van der Waals surface area contributed by atoms with E-state index in [0.717, 1.165) is 6.42 Å². The Balaban J connectivity index is 2.31. The number of imidazole rings is 1. The fourth-order valence-electron chi connectivity index (χ4n) is 2.88. The molecule has 0 aliphatic heterocycles. The third kappa shape index (κ3) is 4.33. The lowest BCUT2D eigenvalue weighted by molar-refractivity contribution is -0.143. The topological polar surface area (TPSA) is 73.1 Å². The number of pyridine rings is 1. The fraction of sp³-hybridized carbons (Fsp3) is 0.526. The Morgan fingerprint density at radius 3 is 2.62 bits per heavy atom. The molecule has 2 aromatic rings. The molecule has 0 aromatic carbocycles. The van der Waals surface area contributed by atoms with E-state index in [1.54, 1.807) is 22.4 Å². The van der Waals surface area contributed by atoms with Crippen molar-refractivity contribution in [3.05, 3.63) is 29.7 Å². The van der Waals surface area contributed by atoms with E-state index >= 15 is 0 Å². The van der Waals surface area contributed by atoms with Crippen molar-refractivity contribution < 1.29 is 19.1 Å². The van der Waals surface area contributed by atoms with Gasteiger partial charge in [-0.05, 0) is 39.3 Å². The van der Waals surface area contributed by atoms with Gasteiger partial charge in [-0.1, -0.05) is 6.92 Å². The van der Waals surface area contributed by atoms with Crippen LogP contribution < -0.4 is 4.74 Å². The van der Waals surface area contributed by atoms with E-state index in [4.69, 9.17) is 9.47 Å². The van der Waals surface area contributed by atoms with Crippen LogP contribution in [-0.4, -0.2) is 52.5 Å². The summed E-state index contributed by atoms with van der Waals surface area (Å²) in [6.07, 6.45) is 2.79. The minimum atomic E-state index is -0.296. The van der Waals surface area contributed by atoms with Crippen LogP contribution in [0.4, 0.5) is 0 Å². The Kier molecular flexibility index (Phi) is 7.00. The number of amides is 1. The smallest absolute Gasteiger partial charge is 0.307 e. The molecular weight excluding hydrogens is 334 g/mol. The number of fused-ring (bicyclic) bond motifs is 1. The number of aryl methyl sites for hydroxylation is 1. The summed E-state index contributed by atoms with van der Waals surface area (Å²) >= 11 is 0. The number of hydrogen-bond donors (Lipinski definition) is 0. The standard InChI is InChI=1S/C19H27N3O4/c1-5-11-21(13-10-16(23)26-7-3)19(24)17-14(4)20-18-15(25-6-2)9-8-12-22(17)18/h8-9,12H,5-7,10-11,13H2,1-4H3. The molecule has 2 heterocycles. The van der Waals surface area contributed by atoms with Crippen molar-refractivity contribution in [2.24, 2.45) is 0 Å². The normalized spacial score (nSPS) is 10.8. The van der Waals surface area contributed by atoms with Gasteiger partial charge in [0.15, 0.2) is 11.4 Å². The lowest BCUT2D eigenvalue weighted by Crippen LogP contribution is -2.35. The third-order valence-corrected chi connectivity index (χ3v) is 3.96. The Labute approximate surface area is 153 Å². The highest BCUT2D eigenvalue weighted by Crippen LogP contribution is 2.23. The highest BCUT2D eigenvalue weighted by atomic mass is 16.5. The van der Waals surface area contributed by atoms with Gasteiger partial charge in [-0.3, -0.25) is 14.0 Å². The number of ether oxygens (including phenoxy) is 2. The summed E-state index contributed by atoms with van der Waals surface area (Å²) in [4.78, 5) is 31.0. The van der Waals surface area contributed by atoms with Gasteiger partial charge < -0.3 is 14.4 Å². The first-order chi connectivity index (χ1) is 12.5. The summed E-state index contributed by atoms with van der Waals surface area (Å²) in [7, 11) is 0. The molecule has 2 aromatic heterocycles. The molecule has 0 atom stereocenters. The summed E-state index contributed by atoms with van der Waals surface area (Å²) in [5.74, 6) is 0.204. The van der Waals surface area contributed by atoms with Crippen LogP contribution in [0.1, 0.15) is 49.8 Å². The molecule has 0 saturated carbocycles. The molecule has 7 heteroatoms. The summed E-state index contributed by atoms with van der Waals surface area (Å²) in [6, 6.07) is 3.67. The van der Waals surface area contributed by atoms with Crippen LogP contribution >= 0.6 is 0 Å². The van der Waals surface area contributed by atoms with E-state index in [1.807, 2.05) is 32.9 Å². The summed E-state index contributed by atoms with van der Waals surface area (Å²) in [6.45, 7) is 9.24. The second kappa shape index (κ2) is 9.22. The molecule has 0 bridgehead atoms. The van der Waals surface area contributed by atoms with Crippen LogP contribution in [-0.2, 0) is 9.53 Å². The third-order valence-electron chi connectivity index (χ3n) is 3.96. The van der Waals surface area contributed by atoms with Gasteiger partial charge >= 0.3 is 5.97 Å². The highest BCUT2D eigenvalue weighted by Gasteiger charge is 2.24. The van der Waals surface area contributed by atoms with E-state index in [-0.39, 0.29) is 18.3 Å². The monoisotopic (exact) mass is 361 g/mol. The zero-order valence-corrected chi connectivity index (χ0v) is 15.9. The zero-order valence-electron chi connectivity index (χ0n) is 15.9. The first kappa shape index (κ1) is 19.8. The van der Waals surface area contributed by atoms with Crippen LogP contribution in [0, 0.1) is 6.92 Å². The Morgan fingerprint density at radius 1 is 1.19 bits per heavy atom. The van der Waals surface area contributed by atoms with Gasteiger partial charge in [0.25, 0.3) is 5.91 Å². The van der Waals surface area contributed by atoms with Gasteiger partial charge in [-0.2, -0.15) is 0 Å². The molecule has 0 spiro atoms. The van der Waals surface area contributed by atoms with Crippen molar-refractivity contribution in [1.29, 1.82) is 0 Å². The van der Waals surface area contributed by atoms with Gasteiger partial charge in [0.1, 0.15) is 5.69 Å². The molecule has 0 aliphatic rings. The van der Waals surface area contributed by atoms with Crippen molar-refractivity contribution >= 4 is 17.5 Å². The molecule has 0 N–H and O–H groups in total. The maximum atomic E-state index is 13.1. The van der Waals surface area contributed by atoms with Crippen molar-refractivity contribution in [3.63, 3.8) is 0 Å².